The zero-order chi connectivity index (χ0) is 17.0. The Morgan fingerprint density at radius 2 is 1.95 bits per heavy atom. The van der Waals surface area contributed by atoms with Crippen molar-refractivity contribution in [3.8, 4) is 0 Å². The van der Waals surface area contributed by atoms with Crippen molar-refractivity contribution in [2.24, 2.45) is 5.92 Å². The molecule has 0 saturated carbocycles. The molecule has 0 aliphatic rings. The van der Waals surface area contributed by atoms with E-state index in [1.807, 2.05) is 24.8 Å². The van der Waals surface area contributed by atoms with Crippen LogP contribution in [0.15, 0.2) is 23.8 Å². The highest BCUT2D eigenvalue weighted by molar-refractivity contribution is 8.00. The molecule has 1 atom stereocenters. The molecule has 0 rings (SSSR count). The first-order valence-corrected chi connectivity index (χ1v) is 9.63. The van der Waals surface area contributed by atoms with Crippen molar-refractivity contribution < 1.29 is 9.53 Å². The number of esters is 1. The fourth-order valence-corrected chi connectivity index (χ4v) is 3.59. The molecular weight excluding hydrogens is 292 g/mol. The number of thioether (sulfide) groups is 1. The first kappa shape index (κ1) is 21.3. The van der Waals surface area contributed by atoms with Crippen LogP contribution in [-0.2, 0) is 9.53 Å². The van der Waals surface area contributed by atoms with Crippen molar-refractivity contribution in [2.45, 2.75) is 71.0 Å². The molecular formula is C19H34O2S. The summed E-state index contributed by atoms with van der Waals surface area (Å²) in [5.74, 6) is 0.401. The van der Waals surface area contributed by atoms with Gasteiger partial charge in [0.05, 0.1) is 7.11 Å². The topological polar surface area (TPSA) is 26.3 Å². The molecule has 0 aliphatic heterocycles. The Hall–Kier alpha value is -0.700. The maximum absolute atomic E-state index is 11.1. The van der Waals surface area contributed by atoms with Crippen LogP contribution in [0.1, 0.15) is 66.2 Å². The molecule has 0 N–H and O–H groups in total. The van der Waals surface area contributed by atoms with Crippen LogP contribution >= 0.6 is 11.8 Å². The Kier molecular flexibility index (Phi) is 11.4. The fourth-order valence-electron chi connectivity index (χ4n) is 2.66. The van der Waals surface area contributed by atoms with E-state index < -0.39 is 0 Å². The van der Waals surface area contributed by atoms with Gasteiger partial charge in [-0.1, -0.05) is 45.8 Å². The van der Waals surface area contributed by atoms with E-state index in [-0.39, 0.29) is 5.97 Å². The monoisotopic (exact) mass is 326 g/mol. The van der Waals surface area contributed by atoms with E-state index in [2.05, 4.69) is 37.8 Å². The summed E-state index contributed by atoms with van der Waals surface area (Å²) >= 11 is 2.03. The van der Waals surface area contributed by atoms with Crippen LogP contribution in [-0.4, -0.2) is 24.1 Å². The number of hydrogen-bond donors (Lipinski definition) is 0. The summed E-state index contributed by atoms with van der Waals surface area (Å²) in [5.41, 5.74) is 0.942. The van der Waals surface area contributed by atoms with E-state index in [1.165, 1.54) is 45.3 Å². The molecule has 1 unspecified atom stereocenters. The van der Waals surface area contributed by atoms with E-state index in [4.69, 9.17) is 0 Å². The molecule has 0 saturated heterocycles. The first-order chi connectivity index (χ1) is 10.4. The molecule has 0 fully saturated rings. The zero-order valence-electron chi connectivity index (χ0n) is 15.3. The lowest BCUT2D eigenvalue weighted by molar-refractivity contribution is -0.134. The van der Waals surface area contributed by atoms with Gasteiger partial charge < -0.3 is 4.74 Å². The van der Waals surface area contributed by atoms with E-state index in [0.717, 1.165) is 12.0 Å². The van der Waals surface area contributed by atoms with Crippen LogP contribution in [0, 0.1) is 5.92 Å². The van der Waals surface area contributed by atoms with Gasteiger partial charge in [0.15, 0.2) is 0 Å². The highest BCUT2D eigenvalue weighted by Gasteiger charge is 2.24. The molecule has 0 aromatic rings. The Morgan fingerprint density at radius 1 is 1.32 bits per heavy atom. The van der Waals surface area contributed by atoms with Gasteiger partial charge in [-0.15, -0.1) is 0 Å². The Balaban J connectivity index is 4.12. The van der Waals surface area contributed by atoms with Crippen molar-refractivity contribution >= 4 is 17.7 Å². The van der Waals surface area contributed by atoms with Crippen LogP contribution in [0.5, 0.6) is 0 Å². The van der Waals surface area contributed by atoms with Crippen molar-refractivity contribution in [2.75, 3.05) is 13.4 Å². The molecule has 0 aromatic carbocycles. The van der Waals surface area contributed by atoms with Gasteiger partial charge in [-0.2, -0.15) is 11.8 Å². The third kappa shape index (κ3) is 8.67. The number of allylic oxidation sites excluding steroid dienone is 3. The van der Waals surface area contributed by atoms with Gasteiger partial charge >= 0.3 is 5.97 Å². The number of rotatable bonds is 11. The van der Waals surface area contributed by atoms with Gasteiger partial charge in [-0.3, -0.25) is 0 Å². The summed E-state index contributed by atoms with van der Waals surface area (Å²) in [6.07, 6.45) is 15.4. The minimum Gasteiger partial charge on any atom is -0.466 e. The summed E-state index contributed by atoms with van der Waals surface area (Å²) in [5, 5.41) is 0. The van der Waals surface area contributed by atoms with Crippen molar-refractivity contribution in [1.29, 1.82) is 0 Å². The molecule has 0 heterocycles. The molecule has 0 spiro atoms. The van der Waals surface area contributed by atoms with Crippen LogP contribution in [0.2, 0.25) is 0 Å². The number of hydrogen-bond acceptors (Lipinski definition) is 3. The molecule has 0 amide bonds. The molecule has 22 heavy (non-hydrogen) atoms. The second kappa shape index (κ2) is 11.8. The van der Waals surface area contributed by atoms with Crippen LogP contribution in [0.4, 0.5) is 0 Å². The van der Waals surface area contributed by atoms with Gasteiger partial charge in [0, 0.05) is 10.8 Å². The maximum Gasteiger partial charge on any atom is 0.330 e. The number of ether oxygens (including phenoxy) is 1. The first-order valence-electron chi connectivity index (χ1n) is 8.41. The van der Waals surface area contributed by atoms with Crippen molar-refractivity contribution in [3.63, 3.8) is 0 Å². The summed E-state index contributed by atoms with van der Waals surface area (Å²) < 4.78 is 5.10. The van der Waals surface area contributed by atoms with E-state index in [9.17, 15) is 4.79 Å². The largest absolute Gasteiger partial charge is 0.466 e. The zero-order valence-corrected chi connectivity index (χ0v) is 16.1. The highest BCUT2D eigenvalue weighted by Crippen LogP contribution is 2.36. The van der Waals surface area contributed by atoms with Gasteiger partial charge in [-0.25, -0.2) is 4.79 Å². The second-order valence-electron chi connectivity index (χ2n) is 6.14. The van der Waals surface area contributed by atoms with E-state index in [1.54, 1.807) is 0 Å². The maximum atomic E-state index is 11.1. The Bertz CT molecular complexity index is 359. The normalized spacial score (nSPS) is 14.4. The molecule has 0 radical (unpaired) electrons. The van der Waals surface area contributed by atoms with Crippen LogP contribution in [0.25, 0.3) is 0 Å². The average molecular weight is 327 g/mol. The van der Waals surface area contributed by atoms with Crippen molar-refractivity contribution in [3.05, 3.63) is 23.8 Å². The summed E-state index contributed by atoms with van der Waals surface area (Å²) in [6.45, 7) is 8.85. The third-order valence-corrected chi connectivity index (χ3v) is 6.16. The Labute approximate surface area is 141 Å². The fraction of sp³-hybridized carbons (Fsp3) is 0.737. The average Bonchev–Trinajstić information content (AvgIpc) is 2.52. The molecule has 0 bridgehead atoms. The minimum absolute atomic E-state index is 0.289. The summed E-state index contributed by atoms with van der Waals surface area (Å²) in [4.78, 5) is 11.1. The number of carbonyl (C=O) groups excluding carboxylic acids is 1. The molecule has 2 nitrogen and oxygen atoms in total. The SMILES string of the molecule is CCC(CC)(CCCC(C)C/C=C/C(C)=C/C(=O)OC)SC. The lowest BCUT2D eigenvalue weighted by Crippen LogP contribution is -2.22. The standard InChI is InChI=1S/C19H34O2S/c1-7-19(8-2,22-6)14-10-13-16(3)11-9-12-17(4)15-18(20)21-5/h9,12,15-16H,7-8,10-11,13-14H2,1-6H3/b12-9+,17-15+. The lowest BCUT2D eigenvalue weighted by Gasteiger charge is -2.30. The summed E-state index contributed by atoms with van der Waals surface area (Å²) in [6, 6.07) is 0. The minimum atomic E-state index is -0.289. The van der Waals surface area contributed by atoms with Crippen LogP contribution < -0.4 is 0 Å². The second-order valence-corrected chi connectivity index (χ2v) is 7.42. The third-order valence-electron chi connectivity index (χ3n) is 4.52. The molecule has 0 aliphatic carbocycles. The predicted molar refractivity (Wildman–Crippen MR) is 99.4 cm³/mol. The highest BCUT2D eigenvalue weighted by atomic mass is 32.2. The number of methoxy groups -OCH3 is 1. The van der Waals surface area contributed by atoms with Gasteiger partial charge in [0.1, 0.15) is 0 Å². The Morgan fingerprint density at radius 3 is 2.45 bits per heavy atom. The van der Waals surface area contributed by atoms with Gasteiger partial charge in [-0.05, 0) is 50.4 Å². The molecule has 0 aromatic heterocycles. The smallest absolute Gasteiger partial charge is 0.330 e. The van der Waals surface area contributed by atoms with E-state index >= 15 is 0 Å². The van der Waals surface area contributed by atoms with Gasteiger partial charge in [0.2, 0.25) is 0 Å². The lowest BCUT2D eigenvalue weighted by atomic mass is 9.92. The van der Waals surface area contributed by atoms with E-state index in [0.29, 0.717) is 10.7 Å². The molecule has 128 valence electrons. The number of carbonyl (C=O) groups is 1. The molecule has 3 heteroatoms. The summed E-state index contributed by atoms with van der Waals surface area (Å²) in [7, 11) is 1.40. The van der Waals surface area contributed by atoms with Crippen molar-refractivity contribution in [1.82, 2.24) is 0 Å². The van der Waals surface area contributed by atoms with Gasteiger partial charge in [0.25, 0.3) is 0 Å². The quantitative estimate of drug-likeness (QED) is 0.273. The van der Waals surface area contributed by atoms with Crippen LogP contribution in [0.3, 0.4) is 0 Å². The predicted octanol–water partition coefficient (Wildman–Crippen LogP) is 5.78.